The minimum absolute atomic E-state index is 0.127. The Hall–Kier alpha value is -1.89. The Morgan fingerprint density at radius 2 is 1.89 bits per heavy atom. The second-order valence-corrected chi connectivity index (χ2v) is 8.82. The van der Waals surface area contributed by atoms with Gasteiger partial charge >= 0.3 is 0 Å². The summed E-state index contributed by atoms with van der Waals surface area (Å²) >= 11 is 6.01. The summed E-state index contributed by atoms with van der Waals surface area (Å²) in [6.45, 7) is 5.10. The van der Waals surface area contributed by atoms with Gasteiger partial charge in [-0.3, -0.25) is 4.79 Å². The van der Waals surface area contributed by atoms with E-state index < -0.39 is 10.0 Å². The molecule has 2 aromatic carbocycles. The van der Waals surface area contributed by atoms with Crippen molar-refractivity contribution in [2.24, 2.45) is 0 Å². The number of benzene rings is 2. The number of fused-ring (bicyclic) bond motifs is 1. The fourth-order valence-electron chi connectivity index (χ4n) is 3.43. The SMILES string of the molecule is CCN(CC)S(=O)(=O)c1ccc2c(c1)CCCN2C(=O)c1cccc(Cl)c1. The van der Waals surface area contributed by atoms with Gasteiger partial charge in [-0.2, -0.15) is 4.31 Å². The minimum Gasteiger partial charge on any atom is -0.308 e. The minimum atomic E-state index is -3.52. The molecule has 1 aliphatic rings. The van der Waals surface area contributed by atoms with Crippen molar-refractivity contribution in [2.75, 3.05) is 24.5 Å². The number of rotatable bonds is 5. The number of halogens is 1. The van der Waals surface area contributed by atoms with Gasteiger partial charge in [-0.05, 0) is 54.8 Å². The maximum atomic E-state index is 12.9. The lowest BCUT2D eigenvalue weighted by atomic mass is 10.0. The van der Waals surface area contributed by atoms with Gasteiger partial charge in [0.25, 0.3) is 5.91 Å². The number of sulfonamides is 1. The maximum absolute atomic E-state index is 12.9. The van der Waals surface area contributed by atoms with Crippen molar-refractivity contribution in [3.05, 3.63) is 58.6 Å². The van der Waals surface area contributed by atoms with Crippen molar-refractivity contribution in [1.82, 2.24) is 4.31 Å². The normalized spacial score (nSPS) is 14.3. The van der Waals surface area contributed by atoms with Crippen molar-refractivity contribution in [2.45, 2.75) is 31.6 Å². The van der Waals surface area contributed by atoms with Crippen molar-refractivity contribution < 1.29 is 13.2 Å². The zero-order chi connectivity index (χ0) is 19.6. The number of carbonyl (C=O) groups excluding carboxylic acids is 1. The summed E-state index contributed by atoms with van der Waals surface area (Å²) in [5, 5.41) is 0.513. The van der Waals surface area contributed by atoms with Gasteiger partial charge in [-0.25, -0.2) is 8.42 Å². The third-order valence-corrected chi connectivity index (χ3v) is 7.11. The molecular formula is C20H23ClN2O3S. The fourth-order valence-corrected chi connectivity index (χ4v) is 5.13. The largest absolute Gasteiger partial charge is 0.308 e. The van der Waals surface area contributed by atoms with Crippen molar-refractivity contribution in [1.29, 1.82) is 0 Å². The van der Waals surface area contributed by atoms with E-state index in [-0.39, 0.29) is 10.8 Å². The summed E-state index contributed by atoms with van der Waals surface area (Å²) in [6, 6.07) is 11.9. The Morgan fingerprint density at radius 1 is 1.15 bits per heavy atom. The molecule has 1 amide bonds. The molecule has 0 saturated carbocycles. The molecule has 5 nitrogen and oxygen atoms in total. The van der Waals surface area contributed by atoms with Crippen LogP contribution in [0.15, 0.2) is 47.4 Å². The van der Waals surface area contributed by atoms with Crippen LogP contribution >= 0.6 is 11.6 Å². The number of anilines is 1. The molecule has 0 atom stereocenters. The van der Waals surface area contributed by atoms with Crippen molar-refractivity contribution in [3.63, 3.8) is 0 Å². The summed E-state index contributed by atoms with van der Waals surface area (Å²) in [5.74, 6) is -0.127. The van der Waals surface area contributed by atoms with Gasteiger partial charge in [0.15, 0.2) is 0 Å². The highest BCUT2D eigenvalue weighted by Crippen LogP contribution is 2.31. The number of amides is 1. The van der Waals surface area contributed by atoms with E-state index in [4.69, 9.17) is 11.6 Å². The fraction of sp³-hybridized carbons (Fsp3) is 0.350. The first kappa shape index (κ1) is 19.9. The summed E-state index contributed by atoms with van der Waals surface area (Å²) in [7, 11) is -3.52. The molecule has 27 heavy (non-hydrogen) atoms. The number of carbonyl (C=O) groups is 1. The average Bonchev–Trinajstić information content (AvgIpc) is 2.67. The molecule has 0 spiro atoms. The standard InChI is InChI=1S/C20H23ClN2O3S/c1-3-22(4-2)27(25,26)18-10-11-19-15(14-18)8-6-12-23(19)20(24)16-7-5-9-17(21)13-16/h5,7,9-11,13-14H,3-4,6,8,12H2,1-2H3. The highest BCUT2D eigenvalue weighted by molar-refractivity contribution is 7.89. The second kappa shape index (κ2) is 8.00. The molecule has 2 aromatic rings. The van der Waals surface area contributed by atoms with E-state index in [1.807, 2.05) is 13.8 Å². The smallest absolute Gasteiger partial charge is 0.258 e. The predicted molar refractivity (Wildman–Crippen MR) is 108 cm³/mol. The summed E-state index contributed by atoms with van der Waals surface area (Å²) in [5.41, 5.74) is 2.17. The van der Waals surface area contributed by atoms with Gasteiger partial charge in [-0.15, -0.1) is 0 Å². The lowest BCUT2D eigenvalue weighted by Gasteiger charge is -2.30. The molecule has 0 aromatic heterocycles. The first-order valence-corrected chi connectivity index (χ1v) is 10.9. The number of nitrogens with zero attached hydrogens (tertiary/aromatic N) is 2. The molecule has 0 saturated heterocycles. The van der Waals surface area contributed by atoms with Crippen LogP contribution in [0.5, 0.6) is 0 Å². The number of hydrogen-bond donors (Lipinski definition) is 0. The lowest BCUT2D eigenvalue weighted by Crippen LogP contribution is -2.36. The zero-order valence-electron chi connectivity index (χ0n) is 15.5. The van der Waals surface area contributed by atoms with Gasteiger partial charge in [0.1, 0.15) is 0 Å². The summed E-state index contributed by atoms with van der Waals surface area (Å²) < 4.78 is 27.0. The topological polar surface area (TPSA) is 57.7 Å². The highest BCUT2D eigenvalue weighted by atomic mass is 35.5. The molecule has 0 bridgehead atoms. The van der Waals surface area contributed by atoms with Crippen LogP contribution in [0.3, 0.4) is 0 Å². The van der Waals surface area contributed by atoms with E-state index in [1.165, 1.54) is 4.31 Å². The van der Waals surface area contributed by atoms with Crippen LogP contribution in [-0.2, 0) is 16.4 Å². The molecular weight excluding hydrogens is 384 g/mol. The van der Waals surface area contributed by atoms with Gasteiger partial charge in [0.05, 0.1) is 4.90 Å². The number of hydrogen-bond acceptors (Lipinski definition) is 3. The monoisotopic (exact) mass is 406 g/mol. The van der Waals surface area contributed by atoms with E-state index in [0.717, 1.165) is 24.1 Å². The van der Waals surface area contributed by atoms with Crippen molar-refractivity contribution >= 4 is 33.2 Å². The van der Waals surface area contributed by atoms with Crippen LogP contribution in [0.25, 0.3) is 0 Å². The molecule has 0 fully saturated rings. The average molecular weight is 407 g/mol. The molecule has 7 heteroatoms. The lowest BCUT2D eigenvalue weighted by molar-refractivity contribution is 0.0985. The quantitative estimate of drug-likeness (QED) is 0.755. The molecule has 144 valence electrons. The molecule has 0 radical (unpaired) electrons. The van der Waals surface area contributed by atoms with Crippen LogP contribution in [0, 0.1) is 0 Å². The van der Waals surface area contributed by atoms with E-state index in [2.05, 4.69) is 0 Å². The summed E-state index contributed by atoms with van der Waals surface area (Å²) in [4.78, 5) is 14.9. The Labute approximate surface area is 165 Å². The Kier molecular flexibility index (Phi) is 5.89. The molecule has 1 aliphatic heterocycles. The van der Waals surface area contributed by atoms with Crippen LogP contribution in [0.2, 0.25) is 5.02 Å². The van der Waals surface area contributed by atoms with Crippen LogP contribution in [0.4, 0.5) is 5.69 Å². The second-order valence-electron chi connectivity index (χ2n) is 6.45. The third-order valence-electron chi connectivity index (χ3n) is 4.83. The van der Waals surface area contributed by atoms with E-state index >= 15 is 0 Å². The van der Waals surface area contributed by atoms with E-state index in [1.54, 1.807) is 47.4 Å². The zero-order valence-corrected chi connectivity index (χ0v) is 17.1. The van der Waals surface area contributed by atoms with Crippen LogP contribution in [0.1, 0.15) is 36.2 Å². The van der Waals surface area contributed by atoms with Crippen molar-refractivity contribution in [3.8, 4) is 0 Å². The van der Waals surface area contributed by atoms with E-state index in [9.17, 15) is 13.2 Å². The molecule has 0 unspecified atom stereocenters. The Morgan fingerprint density at radius 3 is 2.56 bits per heavy atom. The predicted octanol–water partition coefficient (Wildman–Crippen LogP) is 3.96. The van der Waals surface area contributed by atoms with Gasteiger partial charge in [0, 0.05) is 35.9 Å². The molecule has 3 rings (SSSR count). The molecule has 0 aliphatic carbocycles. The van der Waals surface area contributed by atoms with Gasteiger partial charge < -0.3 is 4.90 Å². The first-order chi connectivity index (χ1) is 12.9. The molecule has 1 heterocycles. The number of aryl methyl sites for hydroxylation is 1. The van der Waals surface area contributed by atoms with Gasteiger partial charge in [0.2, 0.25) is 10.0 Å². The summed E-state index contributed by atoms with van der Waals surface area (Å²) in [6.07, 6.45) is 1.53. The van der Waals surface area contributed by atoms with Gasteiger partial charge in [-0.1, -0.05) is 31.5 Å². The first-order valence-electron chi connectivity index (χ1n) is 9.09. The van der Waals surface area contributed by atoms with Crippen LogP contribution in [-0.4, -0.2) is 38.3 Å². The highest BCUT2D eigenvalue weighted by Gasteiger charge is 2.27. The third kappa shape index (κ3) is 3.88. The Balaban J connectivity index is 1.97. The van der Waals surface area contributed by atoms with Crippen LogP contribution < -0.4 is 4.90 Å². The molecule has 0 N–H and O–H groups in total. The van der Waals surface area contributed by atoms with E-state index in [0.29, 0.717) is 30.2 Å². The Bertz CT molecular complexity index is 955. The maximum Gasteiger partial charge on any atom is 0.258 e.